The number of thioether (sulfide) groups is 1. The summed E-state index contributed by atoms with van der Waals surface area (Å²) in [5, 5.41) is 8.50. The van der Waals surface area contributed by atoms with E-state index in [9.17, 15) is 9.59 Å². The molecule has 90 valence electrons. The van der Waals surface area contributed by atoms with Crippen LogP contribution in [0.3, 0.4) is 0 Å². The molecule has 2 rings (SSSR count). The highest BCUT2D eigenvalue weighted by atomic mass is 32.2. The molecule has 0 aromatic heterocycles. The van der Waals surface area contributed by atoms with E-state index in [0.29, 0.717) is 17.7 Å². The normalized spacial score (nSPS) is 19.5. The maximum atomic E-state index is 11.9. The van der Waals surface area contributed by atoms with Crippen LogP contribution in [0.2, 0.25) is 0 Å². The Balaban J connectivity index is 1.72. The lowest BCUT2D eigenvalue weighted by Crippen LogP contribution is -2.36. The van der Waals surface area contributed by atoms with E-state index in [0.717, 1.165) is 19.4 Å². The summed E-state index contributed by atoms with van der Waals surface area (Å²) in [6.07, 6.45) is 4.75. The first-order chi connectivity index (χ1) is 7.66. The Kier molecular flexibility index (Phi) is 3.74. The molecule has 1 amide bonds. The van der Waals surface area contributed by atoms with Crippen molar-refractivity contribution in [2.45, 2.75) is 31.7 Å². The van der Waals surface area contributed by atoms with E-state index in [1.807, 2.05) is 4.90 Å². The van der Waals surface area contributed by atoms with Crippen molar-refractivity contribution in [1.29, 1.82) is 0 Å². The second-order valence-electron chi connectivity index (χ2n) is 4.61. The summed E-state index contributed by atoms with van der Waals surface area (Å²) in [5.41, 5.74) is 0. The number of carboxylic acids is 1. The van der Waals surface area contributed by atoms with Gasteiger partial charge in [0.1, 0.15) is 0 Å². The van der Waals surface area contributed by atoms with Crippen molar-refractivity contribution < 1.29 is 14.7 Å². The highest BCUT2D eigenvalue weighted by Crippen LogP contribution is 2.35. The number of rotatable bonds is 7. The second kappa shape index (κ2) is 5.08. The van der Waals surface area contributed by atoms with Crippen LogP contribution in [0.4, 0.5) is 0 Å². The number of aliphatic carboxylic acids is 1. The SMILES string of the molecule is O=C(O)CSCC(=O)N(CC1CC1)C1CC1. The van der Waals surface area contributed by atoms with Gasteiger partial charge in [-0.2, -0.15) is 0 Å². The zero-order valence-electron chi connectivity index (χ0n) is 9.22. The van der Waals surface area contributed by atoms with Gasteiger partial charge in [-0.3, -0.25) is 9.59 Å². The van der Waals surface area contributed by atoms with Gasteiger partial charge >= 0.3 is 5.97 Å². The second-order valence-corrected chi connectivity index (χ2v) is 5.59. The molecule has 0 atom stereocenters. The maximum Gasteiger partial charge on any atom is 0.313 e. The molecule has 2 aliphatic rings. The zero-order valence-corrected chi connectivity index (χ0v) is 10.0. The number of amides is 1. The van der Waals surface area contributed by atoms with Crippen molar-refractivity contribution in [3.05, 3.63) is 0 Å². The van der Waals surface area contributed by atoms with E-state index < -0.39 is 5.97 Å². The van der Waals surface area contributed by atoms with E-state index in [1.165, 1.54) is 24.6 Å². The van der Waals surface area contributed by atoms with Gasteiger partial charge in [0.25, 0.3) is 0 Å². The van der Waals surface area contributed by atoms with Crippen LogP contribution in [0.1, 0.15) is 25.7 Å². The molecule has 16 heavy (non-hydrogen) atoms. The average Bonchev–Trinajstić information content (AvgIpc) is 3.06. The van der Waals surface area contributed by atoms with E-state index in [1.54, 1.807) is 0 Å². The van der Waals surface area contributed by atoms with Crippen LogP contribution >= 0.6 is 11.8 Å². The Labute approximate surface area is 99.4 Å². The Bertz CT molecular complexity index is 287. The van der Waals surface area contributed by atoms with Crippen molar-refractivity contribution in [2.75, 3.05) is 18.1 Å². The zero-order chi connectivity index (χ0) is 11.5. The summed E-state index contributed by atoms with van der Waals surface area (Å²) in [4.78, 5) is 24.2. The predicted octanol–water partition coefficient (Wildman–Crippen LogP) is 1.21. The monoisotopic (exact) mass is 243 g/mol. The molecule has 0 spiro atoms. The molecule has 2 fully saturated rings. The standard InChI is InChI=1S/C11H17NO3S/c13-10(6-16-7-11(14)15)12(9-3-4-9)5-8-1-2-8/h8-9H,1-7H2,(H,14,15). The molecule has 2 saturated carbocycles. The van der Waals surface area contributed by atoms with Gasteiger partial charge in [-0.05, 0) is 31.6 Å². The summed E-state index contributed by atoms with van der Waals surface area (Å²) in [5.74, 6) is 0.330. The van der Waals surface area contributed by atoms with Gasteiger partial charge < -0.3 is 10.0 Å². The fourth-order valence-corrected chi connectivity index (χ4v) is 2.35. The minimum Gasteiger partial charge on any atom is -0.481 e. The number of nitrogens with zero attached hydrogens (tertiary/aromatic N) is 1. The molecule has 0 aromatic carbocycles. The van der Waals surface area contributed by atoms with Crippen LogP contribution in [0, 0.1) is 5.92 Å². The summed E-state index contributed by atoms with van der Waals surface area (Å²) in [6.45, 7) is 0.900. The predicted molar refractivity (Wildman–Crippen MR) is 62.4 cm³/mol. The molecular weight excluding hydrogens is 226 g/mol. The quantitative estimate of drug-likeness (QED) is 0.730. The topological polar surface area (TPSA) is 57.6 Å². The highest BCUT2D eigenvalue weighted by molar-refractivity contribution is 8.00. The third-order valence-electron chi connectivity index (χ3n) is 2.91. The number of hydrogen-bond donors (Lipinski definition) is 1. The molecule has 5 heteroatoms. The molecular formula is C11H17NO3S. The molecule has 0 radical (unpaired) electrons. The van der Waals surface area contributed by atoms with Gasteiger partial charge in [0.05, 0.1) is 11.5 Å². The van der Waals surface area contributed by atoms with Gasteiger partial charge in [-0.25, -0.2) is 0 Å². The molecule has 0 aliphatic heterocycles. The van der Waals surface area contributed by atoms with Gasteiger partial charge in [-0.15, -0.1) is 11.8 Å². The number of carboxylic acid groups (broad SMARTS) is 1. The van der Waals surface area contributed by atoms with Crippen molar-refractivity contribution in [1.82, 2.24) is 4.90 Å². The van der Waals surface area contributed by atoms with Gasteiger partial charge in [-0.1, -0.05) is 0 Å². The third kappa shape index (κ3) is 3.70. The summed E-state index contributed by atoms with van der Waals surface area (Å²) < 4.78 is 0. The van der Waals surface area contributed by atoms with Crippen molar-refractivity contribution in [3.8, 4) is 0 Å². The minimum atomic E-state index is -0.849. The molecule has 0 unspecified atom stereocenters. The Morgan fingerprint density at radius 1 is 1.19 bits per heavy atom. The van der Waals surface area contributed by atoms with Crippen LogP contribution < -0.4 is 0 Å². The third-order valence-corrected chi connectivity index (χ3v) is 3.81. The maximum absolute atomic E-state index is 11.9. The first-order valence-electron chi connectivity index (χ1n) is 5.76. The number of carbonyl (C=O) groups excluding carboxylic acids is 1. The molecule has 4 nitrogen and oxygen atoms in total. The van der Waals surface area contributed by atoms with Crippen molar-refractivity contribution in [2.24, 2.45) is 5.92 Å². The van der Waals surface area contributed by atoms with Crippen molar-refractivity contribution >= 4 is 23.6 Å². The first-order valence-corrected chi connectivity index (χ1v) is 6.91. The highest BCUT2D eigenvalue weighted by Gasteiger charge is 2.36. The van der Waals surface area contributed by atoms with Crippen LogP contribution in [0.5, 0.6) is 0 Å². The molecule has 0 heterocycles. The lowest BCUT2D eigenvalue weighted by molar-refractivity contribution is -0.133. The largest absolute Gasteiger partial charge is 0.481 e. The fourth-order valence-electron chi connectivity index (χ4n) is 1.73. The van der Waals surface area contributed by atoms with Gasteiger partial charge in [0.2, 0.25) is 5.91 Å². The van der Waals surface area contributed by atoms with E-state index in [-0.39, 0.29) is 11.7 Å². The molecule has 0 aromatic rings. The number of hydrogen-bond acceptors (Lipinski definition) is 3. The van der Waals surface area contributed by atoms with E-state index in [4.69, 9.17) is 5.11 Å². The number of carbonyl (C=O) groups is 2. The Morgan fingerprint density at radius 3 is 2.38 bits per heavy atom. The summed E-state index contributed by atoms with van der Waals surface area (Å²) in [7, 11) is 0. The molecule has 2 aliphatic carbocycles. The van der Waals surface area contributed by atoms with Gasteiger partial charge in [0.15, 0.2) is 0 Å². The van der Waals surface area contributed by atoms with E-state index in [2.05, 4.69) is 0 Å². The summed E-state index contributed by atoms with van der Waals surface area (Å²) in [6, 6.07) is 0.457. The lowest BCUT2D eigenvalue weighted by atomic mass is 10.3. The van der Waals surface area contributed by atoms with Gasteiger partial charge in [0, 0.05) is 12.6 Å². The smallest absolute Gasteiger partial charge is 0.313 e. The average molecular weight is 243 g/mol. The molecule has 0 bridgehead atoms. The summed E-state index contributed by atoms with van der Waals surface area (Å²) >= 11 is 1.20. The van der Waals surface area contributed by atoms with Crippen LogP contribution in [-0.2, 0) is 9.59 Å². The Morgan fingerprint density at radius 2 is 1.88 bits per heavy atom. The Hall–Kier alpha value is -0.710. The molecule has 1 N–H and O–H groups in total. The minimum absolute atomic E-state index is 0.0215. The first kappa shape index (κ1) is 11.8. The van der Waals surface area contributed by atoms with E-state index >= 15 is 0 Å². The fraction of sp³-hybridized carbons (Fsp3) is 0.818. The van der Waals surface area contributed by atoms with Crippen LogP contribution in [-0.4, -0.2) is 46.0 Å². The molecule has 0 saturated heterocycles. The van der Waals surface area contributed by atoms with Crippen molar-refractivity contribution in [3.63, 3.8) is 0 Å². The van der Waals surface area contributed by atoms with Crippen LogP contribution in [0.25, 0.3) is 0 Å². The van der Waals surface area contributed by atoms with Crippen LogP contribution in [0.15, 0.2) is 0 Å². The lowest BCUT2D eigenvalue weighted by Gasteiger charge is -2.22.